The second kappa shape index (κ2) is 6.63. The fourth-order valence-electron chi connectivity index (χ4n) is 3.62. The maximum absolute atomic E-state index is 12.9. The van der Waals surface area contributed by atoms with Gasteiger partial charge in [0, 0.05) is 37.1 Å². The molecule has 25 heavy (non-hydrogen) atoms. The molecular weight excluding hydrogens is 314 g/mol. The van der Waals surface area contributed by atoms with Crippen LogP contribution in [0.4, 0.5) is 0 Å². The van der Waals surface area contributed by atoms with Crippen LogP contribution in [0.3, 0.4) is 0 Å². The van der Waals surface area contributed by atoms with Crippen molar-refractivity contribution in [3.05, 3.63) is 60.1 Å². The normalized spacial score (nSPS) is 17.8. The molecule has 6 heteroatoms. The Labute approximate surface area is 146 Å². The van der Waals surface area contributed by atoms with Crippen LogP contribution in [0.25, 0.3) is 5.65 Å². The van der Waals surface area contributed by atoms with Gasteiger partial charge in [0.05, 0.1) is 17.8 Å². The molecule has 1 aliphatic heterocycles. The van der Waals surface area contributed by atoms with E-state index in [1.165, 1.54) is 0 Å². The highest BCUT2D eigenvalue weighted by Gasteiger charge is 2.26. The highest BCUT2D eigenvalue weighted by atomic mass is 16.2. The molecule has 128 valence electrons. The number of aromatic nitrogens is 4. The van der Waals surface area contributed by atoms with Gasteiger partial charge in [-0.1, -0.05) is 6.07 Å². The van der Waals surface area contributed by atoms with Crippen LogP contribution < -0.4 is 0 Å². The lowest BCUT2D eigenvalue weighted by atomic mass is 9.94. The molecule has 3 aromatic heterocycles. The van der Waals surface area contributed by atoms with E-state index in [2.05, 4.69) is 15.0 Å². The van der Waals surface area contributed by atoms with E-state index in [-0.39, 0.29) is 5.91 Å². The van der Waals surface area contributed by atoms with Gasteiger partial charge in [0.1, 0.15) is 12.0 Å². The van der Waals surface area contributed by atoms with Crippen LogP contribution >= 0.6 is 0 Å². The molecule has 0 aromatic carbocycles. The SMILES string of the molecule is Cc1nc2ccccn2c1CC(=O)N1CCC[C@@H](c2ccncn2)C1. The molecule has 0 saturated carbocycles. The Balaban J connectivity index is 1.51. The molecule has 6 nitrogen and oxygen atoms in total. The van der Waals surface area contributed by atoms with Gasteiger partial charge in [-0.25, -0.2) is 15.0 Å². The molecule has 0 N–H and O–H groups in total. The number of imidazole rings is 1. The minimum atomic E-state index is 0.160. The molecule has 0 aliphatic carbocycles. The van der Waals surface area contributed by atoms with Crippen molar-refractivity contribution in [2.45, 2.75) is 32.1 Å². The first-order valence-corrected chi connectivity index (χ1v) is 8.68. The van der Waals surface area contributed by atoms with Crippen molar-refractivity contribution in [3.63, 3.8) is 0 Å². The lowest BCUT2D eigenvalue weighted by molar-refractivity contribution is -0.131. The van der Waals surface area contributed by atoms with Crippen molar-refractivity contribution in [2.75, 3.05) is 13.1 Å². The average Bonchev–Trinajstić information content (AvgIpc) is 2.98. The van der Waals surface area contributed by atoms with Gasteiger partial charge < -0.3 is 9.30 Å². The van der Waals surface area contributed by atoms with Crippen molar-refractivity contribution in [2.24, 2.45) is 0 Å². The molecule has 0 radical (unpaired) electrons. The summed E-state index contributed by atoms with van der Waals surface area (Å²) in [6.07, 6.45) is 7.77. The van der Waals surface area contributed by atoms with Crippen molar-refractivity contribution >= 4 is 11.6 Å². The van der Waals surface area contributed by atoms with Crippen LogP contribution in [0.1, 0.15) is 35.8 Å². The first-order valence-electron chi connectivity index (χ1n) is 8.68. The molecule has 3 aromatic rings. The number of hydrogen-bond acceptors (Lipinski definition) is 4. The van der Waals surface area contributed by atoms with Crippen LogP contribution in [0, 0.1) is 6.92 Å². The average molecular weight is 335 g/mol. The lowest BCUT2D eigenvalue weighted by Gasteiger charge is -2.32. The van der Waals surface area contributed by atoms with E-state index in [4.69, 9.17) is 0 Å². The first-order chi connectivity index (χ1) is 12.2. The second-order valence-electron chi connectivity index (χ2n) is 6.56. The zero-order valence-electron chi connectivity index (χ0n) is 14.3. The number of aryl methyl sites for hydroxylation is 1. The summed E-state index contributed by atoms with van der Waals surface area (Å²) >= 11 is 0. The van der Waals surface area contributed by atoms with Crippen LogP contribution in [-0.4, -0.2) is 43.2 Å². The molecule has 1 atom stereocenters. The maximum Gasteiger partial charge on any atom is 0.228 e. The molecule has 1 saturated heterocycles. The zero-order chi connectivity index (χ0) is 17.2. The van der Waals surface area contributed by atoms with Crippen molar-refractivity contribution in [1.82, 2.24) is 24.3 Å². The van der Waals surface area contributed by atoms with Crippen LogP contribution in [0.2, 0.25) is 0 Å². The third-order valence-corrected chi connectivity index (χ3v) is 4.94. The molecule has 1 amide bonds. The Morgan fingerprint density at radius 3 is 3.08 bits per heavy atom. The van der Waals surface area contributed by atoms with Gasteiger partial charge in [0.2, 0.25) is 5.91 Å². The number of piperidine rings is 1. The zero-order valence-corrected chi connectivity index (χ0v) is 14.3. The van der Waals surface area contributed by atoms with E-state index < -0.39 is 0 Å². The fourth-order valence-corrected chi connectivity index (χ4v) is 3.62. The summed E-state index contributed by atoms with van der Waals surface area (Å²) in [6, 6.07) is 7.85. The van der Waals surface area contributed by atoms with Gasteiger partial charge in [0.25, 0.3) is 0 Å². The van der Waals surface area contributed by atoms with E-state index in [1.54, 1.807) is 12.5 Å². The molecule has 1 aliphatic rings. The molecular formula is C19H21N5O. The number of pyridine rings is 1. The predicted octanol–water partition coefficient (Wildman–Crippen LogP) is 2.38. The topological polar surface area (TPSA) is 63.4 Å². The van der Waals surface area contributed by atoms with Gasteiger partial charge in [-0.05, 0) is 38.0 Å². The number of amides is 1. The van der Waals surface area contributed by atoms with E-state index >= 15 is 0 Å². The Hall–Kier alpha value is -2.76. The standard InChI is InChI=1S/C19H21N5O/c1-14-17(24-10-3-2-6-18(24)22-14)11-19(25)23-9-4-5-15(12-23)16-7-8-20-13-21-16/h2-3,6-8,10,13,15H,4-5,9,11-12H2,1H3/t15-/m1/s1. The molecule has 0 bridgehead atoms. The maximum atomic E-state index is 12.9. The number of likely N-dealkylation sites (tertiary alicyclic amines) is 1. The van der Waals surface area contributed by atoms with Gasteiger partial charge in [-0.3, -0.25) is 4.79 Å². The molecule has 4 rings (SSSR count). The van der Waals surface area contributed by atoms with Crippen molar-refractivity contribution < 1.29 is 4.79 Å². The summed E-state index contributed by atoms with van der Waals surface area (Å²) in [5, 5.41) is 0. The fraction of sp³-hybridized carbons (Fsp3) is 0.368. The van der Waals surface area contributed by atoms with Gasteiger partial charge in [-0.15, -0.1) is 0 Å². The van der Waals surface area contributed by atoms with Crippen LogP contribution in [0.15, 0.2) is 43.0 Å². The number of nitrogens with zero attached hydrogens (tertiary/aromatic N) is 5. The number of carbonyl (C=O) groups is 1. The monoisotopic (exact) mass is 335 g/mol. The van der Waals surface area contributed by atoms with Gasteiger partial charge >= 0.3 is 0 Å². The molecule has 0 unspecified atom stereocenters. The Bertz CT molecular complexity index is 889. The number of hydrogen-bond donors (Lipinski definition) is 0. The number of rotatable bonds is 3. The predicted molar refractivity (Wildman–Crippen MR) is 94.2 cm³/mol. The van der Waals surface area contributed by atoms with Gasteiger partial charge in [-0.2, -0.15) is 0 Å². The summed E-state index contributed by atoms with van der Waals surface area (Å²) in [5.74, 6) is 0.455. The summed E-state index contributed by atoms with van der Waals surface area (Å²) in [5.41, 5.74) is 3.81. The van der Waals surface area contributed by atoms with Gasteiger partial charge in [0.15, 0.2) is 0 Å². The summed E-state index contributed by atoms with van der Waals surface area (Å²) in [7, 11) is 0. The number of fused-ring (bicyclic) bond motifs is 1. The Kier molecular flexibility index (Phi) is 4.17. The van der Waals surface area contributed by atoms with Crippen LogP contribution in [-0.2, 0) is 11.2 Å². The largest absolute Gasteiger partial charge is 0.342 e. The van der Waals surface area contributed by atoms with E-state index in [1.807, 2.05) is 46.7 Å². The lowest BCUT2D eigenvalue weighted by Crippen LogP contribution is -2.40. The Morgan fingerprint density at radius 1 is 1.32 bits per heavy atom. The molecule has 0 spiro atoms. The van der Waals surface area contributed by atoms with E-state index in [0.717, 1.165) is 48.7 Å². The highest BCUT2D eigenvalue weighted by molar-refractivity contribution is 5.79. The smallest absolute Gasteiger partial charge is 0.228 e. The molecule has 1 fully saturated rings. The Morgan fingerprint density at radius 2 is 2.24 bits per heavy atom. The highest BCUT2D eigenvalue weighted by Crippen LogP contribution is 2.25. The summed E-state index contributed by atoms with van der Waals surface area (Å²) in [4.78, 5) is 27.8. The third-order valence-electron chi connectivity index (χ3n) is 4.94. The second-order valence-corrected chi connectivity index (χ2v) is 6.56. The van der Waals surface area contributed by atoms with E-state index in [9.17, 15) is 4.79 Å². The third kappa shape index (κ3) is 3.12. The van der Waals surface area contributed by atoms with Crippen LogP contribution in [0.5, 0.6) is 0 Å². The summed E-state index contributed by atoms with van der Waals surface area (Å²) in [6.45, 7) is 3.51. The minimum Gasteiger partial charge on any atom is -0.342 e. The minimum absolute atomic E-state index is 0.160. The molecule has 4 heterocycles. The first kappa shape index (κ1) is 15.7. The number of carbonyl (C=O) groups excluding carboxylic acids is 1. The van der Waals surface area contributed by atoms with Crippen molar-refractivity contribution in [1.29, 1.82) is 0 Å². The van der Waals surface area contributed by atoms with E-state index in [0.29, 0.717) is 12.3 Å². The summed E-state index contributed by atoms with van der Waals surface area (Å²) < 4.78 is 2.01. The van der Waals surface area contributed by atoms with Crippen molar-refractivity contribution in [3.8, 4) is 0 Å². The quantitative estimate of drug-likeness (QED) is 0.737.